The largest absolute Gasteiger partial charge is 0.490 e. The maximum Gasteiger partial charge on any atom is 0.490 e. The van der Waals surface area contributed by atoms with Crippen molar-refractivity contribution < 1.29 is 32.2 Å². The number of pyridine rings is 1. The molecule has 4 rings (SSSR count). The molecule has 1 aromatic heterocycles. The standard InChI is InChI=1S/C22H29FN4OS2.C2HF3O2/c1-30-10-8-26(9-11-30)29-27-15-18(20-4-2-3-5-21(20)23)13-19(27)16-28-22-12-17(14-24)6-7-25-22;3-2(4,5)1(6)7/h2-7,12,18-19H,1,8-11,13-16,24H2;(H,6,7). The monoisotopic (exact) mass is 562 g/mol. The van der Waals surface area contributed by atoms with Gasteiger partial charge in [0.2, 0.25) is 5.88 Å². The first kappa shape index (κ1) is 29.4. The third-order valence-corrected chi connectivity index (χ3v) is 8.66. The number of hydrogen-bond donors (Lipinski definition) is 2. The molecule has 3 N–H and O–H groups in total. The van der Waals surface area contributed by atoms with Crippen molar-refractivity contribution in [1.29, 1.82) is 0 Å². The van der Waals surface area contributed by atoms with E-state index in [1.54, 1.807) is 30.5 Å². The van der Waals surface area contributed by atoms with E-state index in [4.69, 9.17) is 20.4 Å². The number of carboxylic acids is 1. The molecule has 2 atom stereocenters. The van der Waals surface area contributed by atoms with Crippen molar-refractivity contribution >= 4 is 34.5 Å². The first-order chi connectivity index (χ1) is 17.6. The lowest BCUT2D eigenvalue weighted by molar-refractivity contribution is -0.192. The predicted molar refractivity (Wildman–Crippen MR) is 139 cm³/mol. The van der Waals surface area contributed by atoms with E-state index in [1.165, 1.54) is 0 Å². The molecule has 0 amide bonds. The summed E-state index contributed by atoms with van der Waals surface area (Å²) in [6, 6.07) is 11.1. The zero-order valence-corrected chi connectivity index (χ0v) is 21.7. The molecule has 0 bridgehead atoms. The van der Waals surface area contributed by atoms with E-state index in [1.807, 2.05) is 24.3 Å². The van der Waals surface area contributed by atoms with Gasteiger partial charge in [-0.15, -0.1) is 0 Å². The van der Waals surface area contributed by atoms with Gasteiger partial charge in [0.1, 0.15) is 12.4 Å². The summed E-state index contributed by atoms with van der Waals surface area (Å²) in [6.45, 7) is 3.88. The van der Waals surface area contributed by atoms with Crippen molar-refractivity contribution in [3.05, 3.63) is 59.5 Å². The molecule has 7 nitrogen and oxygen atoms in total. The van der Waals surface area contributed by atoms with E-state index in [-0.39, 0.29) is 28.3 Å². The maximum atomic E-state index is 14.4. The van der Waals surface area contributed by atoms with E-state index >= 15 is 0 Å². The van der Waals surface area contributed by atoms with Gasteiger partial charge in [-0.1, -0.05) is 24.1 Å². The Morgan fingerprint density at radius 3 is 2.57 bits per heavy atom. The van der Waals surface area contributed by atoms with Gasteiger partial charge in [0, 0.05) is 68.0 Å². The van der Waals surface area contributed by atoms with Gasteiger partial charge in [-0.05, 0) is 29.7 Å². The van der Waals surface area contributed by atoms with E-state index in [2.05, 4.69) is 19.5 Å². The number of benzene rings is 1. The van der Waals surface area contributed by atoms with Crippen LogP contribution < -0.4 is 10.5 Å². The van der Waals surface area contributed by atoms with Crippen LogP contribution in [-0.2, 0) is 11.3 Å². The molecule has 2 unspecified atom stereocenters. The fraction of sp³-hybridized carbons (Fsp3) is 0.458. The molecule has 0 radical (unpaired) electrons. The average molecular weight is 563 g/mol. The van der Waals surface area contributed by atoms with E-state index in [0.717, 1.165) is 48.7 Å². The van der Waals surface area contributed by atoms with E-state index in [9.17, 15) is 17.6 Å². The van der Waals surface area contributed by atoms with Crippen LogP contribution in [0.15, 0.2) is 42.6 Å². The number of aliphatic carboxylic acids is 1. The zero-order chi connectivity index (χ0) is 27.0. The van der Waals surface area contributed by atoms with Crippen LogP contribution >= 0.6 is 22.6 Å². The molecule has 0 aliphatic carbocycles. The molecule has 0 saturated carbocycles. The molecule has 2 aliphatic rings. The molecule has 2 fully saturated rings. The van der Waals surface area contributed by atoms with Gasteiger partial charge in [-0.25, -0.2) is 22.8 Å². The number of halogens is 4. The number of alkyl halides is 3. The van der Waals surface area contributed by atoms with Crippen LogP contribution in [0.3, 0.4) is 0 Å². The number of rotatable bonds is 7. The summed E-state index contributed by atoms with van der Waals surface area (Å²) in [4.78, 5) is 13.2. The van der Waals surface area contributed by atoms with Crippen molar-refractivity contribution in [3.8, 4) is 5.88 Å². The molecule has 204 valence electrons. The Labute approximate surface area is 220 Å². The van der Waals surface area contributed by atoms with Crippen LogP contribution in [-0.4, -0.2) is 80.5 Å². The number of ether oxygens (including phenoxy) is 1. The Kier molecular flexibility index (Phi) is 10.8. The quantitative estimate of drug-likeness (QED) is 0.296. The zero-order valence-electron chi connectivity index (χ0n) is 20.1. The van der Waals surface area contributed by atoms with Gasteiger partial charge in [0.05, 0.1) is 6.04 Å². The lowest BCUT2D eigenvalue weighted by Gasteiger charge is -2.32. The minimum Gasteiger partial charge on any atom is -0.476 e. The highest BCUT2D eigenvalue weighted by Crippen LogP contribution is 2.38. The highest BCUT2D eigenvalue weighted by atomic mass is 32.2. The summed E-state index contributed by atoms with van der Waals surface area (Å²) in [5, 5.41) is 7.12. The summed E-state index contributed by atoms with van der Waals surface area (Å²) in [5.41, 5.74) is 7.53. The Morgan fingerprint density at radius 1 is 1.27 bits per heavy atom. The number of aromatic nitrogens is 1. The summed E-state index contributed by atoms with van der Waals surface area (Å²) < 4.78 is 57.0. The van der Waals surface area contributed by atoms with Crippen LogP contribution in [0.5, 0.6) is 5.88 Å². The maximum absolute atomic E-state index is 14.4. The van der Waals surface area contributed by atoms with Gasteiger partial charge >= 0.3 is 12.1 Å². The van der Waals surface area contributed by atoms with Crippen molar-refractivity contribution in [1.82, 2.24) is 13.6 Å². The van der Waals surface area contributed by atoms with Gasteiger partial charge in [-0.3, -0.25) is 0 Å². The fourth-order valence-electron chi connectivity index (χ4n) is 3.91. The van der Waals surface area contributed by atoms with Crippen LogP contribution in [0.4, 0.5) is 17.6 Å². The van der Waals surface area contributed by atoms with Crippen LogP contribution in [0.1, 0.15) is 23.5 Å². The number of carboxylic acid groups (broad SMARTS) is 1. The highest BCUT2D eigenvalue weighted by molar-refractivity contribution is 8.14. The Hall–Kier alpha value is -2.19. The lowest BCUT2D eigenvalue weighted by Crippen LogP contribution is -2.36. The summed E-state index contributed by atoms with van der Waals surface area (Å²) in [5.74, 6) is 4.39. The second-order valence-corrected chi connectivity index (χ2v) is 11.7. The average Bonchev–Trinajstić information content (AvgIpc) is 3.26. The van der Waals surface area contributed by atoms with Crippen LogP contribution in [0, 0.1) is 5.82 Å². The van der Waals surface area contributed by atoms with Gasteiger partial charge in [0.25, 0.3) is 0 Å². The molecule has 1 aromatic carbocycles. The summed E-state index contributed by atoms with van der Waals surface area (Å²) in [7, 11) is 0.290. The lowest BCUT2D eigenvalue weighted by atomic mass is 9.96. The second-order valence-electron chi connectivity index (χ2n) is 8.56. The van der Waals surface area contributed by atoms with Crippen molar-refractivity contribution in [2.24, 2.45) is 5.73 Å². The van der Waals surface area contributed by atoms with E-state index < -0.39 is 12.1 Å². The molecular formula is C24H30F4N4O3S2. The first-order valence-corrected chi connectivity index (χ1v) is 14.0. The third kappa shape index (κ3) is 8.95. The van der Waals surface area contributed by atoms with Crippen molar-refractivity contribution in [2.75, 3.05) is 37.7 Å². The van der Waals surface area contributed by atoms with Gasteiger partial charge in [-0.2, -0.15) is 23.7 Å². The number of nitrogens with two attached hydrogens (primary N) is 1. The highest BCUT2D eigenvalue weighted by Gasteiger charge is 2.38. The SMILES string of the molecule is C=S1CCN(SN2CC(c3ccccc3F)CC2COc2cc(CN)ccn2)CC1.O=C(O)C(F)(F)F. The second kappa shape index (κ2) is 13.6. The Morgan fingerprint density at radius 2 is 1.95 bits per heavy atom. The van der Waals surface area contributed by atoms with Crippen LogP contribution in [0.25, 0.3) is 0 Å². The van der Waals surface area contributed by atoms with Crippen molar-refractivity contribution in [2.45, 2.75) is 31.1 Å². The summed E-state index contributed by atoms with van der Waals surface area (Å²) >= 11 is 1.79. The topological polar surface area (TPSA) is 91.9 Å². The molecule has 13 heteroatoms. The third-order valence-electron chi connectivity index (χ3n) is 5.89. The molecular weight excluding hydrogens is 532 g/mol. The van der Waals surface area contributed by atoms with E-state index in [0.29, 0.717) is 19.0 Å². The van der Waals surface area contributed by atoms with Crippen LogP contribution in [0.2, 0.25) is 0 Å². The fourth-order valence-corrected chi connectivity index (χ4v) is 6.47. The number of nitrogens with zero attached hydrogens (tertiary/aromatic N) is 3. The number of carbonyl (C=O) groups is 1. The molecule has 2 aliphatic heterocycles. The minimum atomic E-state index is -5.08. The summed E-state index contributed by atoms with van der Waals surface area (Å²) in [6.07, 6.45) is -2.50. The number of hydrogen-bond acceptors (Lipinski definition) is 7. The first-order valence-electron chi connectivity index (χ1n) is 11.6. The van der Waals surface area contributed by atoms with Crippen molar-refractivity contribution in [3.63, 3.8) is 0 Å². The smallest absolute Gasteiger partial charge is 0.476 e. The molecule has 3 heterocycles. The van der Waals surface area contributed by atoms with Gasteiger partial charge in [0.15, 0.2) is 0 Å². The Bertz CT molecular complexity index is 1070. The molecule has 37 heavy (non-hydrogen) atoms. The Balaban J connectivity index is 0.000000479. The predicted octanol–water partition coefficient (Wildman–Crippen LogP) is 4.13. The molecule has 2 saturated heterocycles. The molecule has 0 spiro atoms. The minimum absolute atomic E-state index is 0.120. The normalized spacial score (nSPS) is 21.3. The molecule has 2 aromatic rings. The van der Waals surface area contributed by atoms with Gasteiger partial charge < -0.3 is 15.6 Å².